The summed E-state index contributed by atoms with van der Waals surface area (Å²) in [5.74, 6) is -9.76. The molecule has 1 aliphatic carbocycles. The minimum atomic E-state index is -2.20. The van der Waals surface area contributed by atoms with E-state index in [1.807, 2.05) is 24.3 Å². The van der Waals surface area contributed by atoms with Gasteiger partial charge >= 0.3 is 0 Å². The van der Waals surface area contributed by atoms with Crippen LogP contribution in [0.15, 0.2) is 30.6 Å². The molecule has 0 N–H and O–H groups in total. The zero-order valence-corrected chi connectivity index (χ0v) is 13.6. The van der Waals surface area contributed by atoms with Gasteiger partial charge in [0.25, 0.3) is 12.2 Å². The molecule has 27 heavy (non-hydrogen) atoms. The van der Waals surface area contributed by atoms with E-state index in [2.05, 4.69) is 5.10 Å². The van der Waals surface area contributed by atoms with Crippen LogP contribution in [0.4, 0.5) is 22.0 Å². The van der Waals surface area contributed by atoms with Gasteiger partial charge in [0.2, 0.25) is 34.8 Å². The molecule has 4 nitrogen and oxygen atoms in total. The second kappa shape index (κ2) is 5.59. The summed E-state index contributed by atoms with van der Waals surface area (Å²) in [5, 5.41) is 4.01. The Morgan fingerprint density at radius 2 is 1.63 bits per heavy atom. The Bertz CT molecular complexity index is 1070. The second-order valence-electron chi connectivity index (χ2n) is 6.50. The van der Waals surface area contributed by atoms with E-state index < -0.39 is 34.8 Å². The van der Waals surface area contributed by atoms with Crippen LogP contribution in [0.3, 0.4) is 0 Å². The normalized spacial score (nSPS) is 20.3. The van der Waals surface area contributed by atoms with Crippen molar-refractivity contribution in [2.75, 3.05) is 0 Å². The molecule has 0 saturated heterocycles. The SMILES string of the molecule is Fc1c(F)c(F)c(-[n+]2cn3c(n2)CO[C@H]2Cc4ccccc4C23)c(F)c1F. The highest BCUT2D eigenvalue weighted by Crippen LogP contribution is 2.39. The van der Waals surface area contributed by atoms with E-state index in [9.17, 15) is 22.0 Å². The van der Waals surface area contributed by atoms with Gasteiger partial charge in [-0.05, 0) is 10.7 Å². The molecule has 138 valence electrons. The van der Waals surface area contributed by atoms with Gasteiger partial charge in [-0.25, -0.2) is 17.7 Å². The molecule has 3 aromatic rings. The average Bonchev–Trinajstić information content (AvgIpc) is 3.25. The zero-order chi connectivity index (χ0) is 18.9. The van der Waals surface area contributed by atoms with Crippen LogP contribution in [0.25, 0.3) is 5.69 Å². The molecular formula is C18H11F5N3O+. The molecule has 2 aromatic carbocycles. The maximum atomic E-state index is 14.1. The summed E-state index contributed by atoms with van der Waals surface area (Å²) < 4.78 is 76.8. The third kappa shape index (κ3) is 2.18. The van der Waals surface area contributed by atoms with Crippen molar-refractivity contribution in [1.29, 1.82) is 0 Å². The van der Waals surface area contributed by atoms with Gasteiger partial charge in [-0.15, -0.1) is 0 Å². The monoisotopic (exact) mass is 380 g/mol. The highest BCUT2D eigenvalue weighted by atomic mass is 19.2. The van der Waals surface area contributed by atoms with Gasteiger partial charge in [0.1, 0.15) is 12.7 Å². The Morgan fingerprint density at radius 1 is 0.963 bits per heavy atom. The smallest absolute Gasteiger partial charge is 0.272 e. The third-order valence-corrected chi connectivity index (χ3v) is 5.04. The zero-order valence-electron chi connectivity index (χ0n) is 13.6. The van der Waals surface area contributed by atoms with E-state index in [0.717, 1.165) is 11.1 Å². The lowest BCUT2D eigenvalue weighted by Gasteiger charge is -2.22. The summed E-state index contributed by atoms with van der Waals surface area (Å²) >= 11 is 0. The molecule has 0 spiro atoms. The first-order chi connectivity index (χ1) is 13.0. The van der Waals surface area contributed by atoms with Gasteiger partial charge in [0.15, 0.2) is 6.04 Å². The van der Waals surface area contributed by atoms with Gasteiger partial charge in [0.05, 0.1) is 0 Å². The predicted molar refractivity (Wildman–Crippen MR) is 80.4 cm³/mol. The molecule has 0 saturated carbocycles. The maximum absolute atomic E-state index is 14.1. The van der Waals surface area contributed by atoms with Crippen molar-refractivity contribution >= 4 is 0 Å². The summed E-state index contributed by atoms with van der Waals surface area (Å²) in [7, 11) is 0. The largest absolute Gasteiger partial charge is 0.363 e. The van der Waals surface area contributed by atoms with Crippen LogP contribution in [0.2, 0.25) is 0 Å². The lowest BCUT2D eigenvalue weighted by atomic mass is 10.1. The van der Waals surface area contributed by atoms with Crippen molar-refractivity contribution in [3.63, 3.8) is 0 Å². The Morgan fingerprint density at radius 3 is 2.37 bits per heavy atom. The molecule has 2 aliphatic rings. The van der Waals surface area contributed by atoms with E-state index >= 15 is 0 Å². The fraction of sp³-hybridized carbons (Fsp3) is 0.222. The number of aromatic nitrogens is 3. The number of halogens is 5. The number of ether oxygens (including phenoxy) is 1. The van der Waals surface area contributed by atoms with Gasteiger partial charge in [-0.2, -0.15) is 8.78 Å². The Hall–Kier alpha value is -2.81. The van der Waals surface area contributed by atoms with Gasteiger partial charge in [-0.1, -0.05) is 28.9 Å². The van der Waals surface area contributed by atoms with Gasteiger partial charge < -0.3 is 4.74 Å². The summed E-state index contributed by atoms with van der Waals surface area (Å²) in [5.41, 5.74) is 0.943. The number of hydrogen-bond acceptors (Lipinski definition) is 2. The Kier molecular flexibility index (Phi) is 3.39. The van der Waals surface area contributed by atoms with Crippen molar-refractivity contribution in [2.24, 2.45) is 0 Å². The number of benzene rings is 2. The van der Waals surface area contributed by atoms with E-state index in [4.69, 9.17) is 4.74 Å². The van der Waals surface area contributed by atoms with Crippen molar-refractivity contribution in [2.45, 2.75) is 25.2 Å². The summed E-state index contributed by atoms with van der Waals surface area (Å²) in [4.78, 5) is 0. The van der Waals surface area contributed by atoms with Crippen LogP contribution >= 0.6 is 0 Å². The minimum Gasteiger partial charge on any atom is -0.363 e. The number of nitrogens with zero attached hydrogens (tertiary/aromatic N) is 3. The molecule has 1 aromatic heterocycles. The van der Waals surface area contributed by atoms with Crippen molar-refractivity contribution in [3.05, 3.63) is 76.6 Å². The van der Waals surface area contributed by atoms with E-state index in [-0.39, 0.29) is 18.8 Å². The second-order valence-corrected chi connectivity index (χ2v) is 6.50. The standard InChI is InChI=1S/C18H11F5N3O/c19-12-13(20)15(22)18(16(23)14(12)21)26-7-25-11(24-26)6-27-10-5-8-3-1-2-4-9(8)17(10)25/h1-4,7,10,17H,5-6H2/q+1/t10-,17?/m0/s1. The van der Waals surface area contributed by atoms with Crippen molar-refractivity contribution in [3.8, 4) is 5.69 Å². The third-order valence-electron chi connectivity index (χ3n) is 5.04. The van der Waals surface area contributed by atoms with E-state index in [0.29, 0.717) is 16.9 Å². The molecule has 0 radical (unpaired) electrons. The average molecular weight is 380 g/mol. The lowest BCUT2D eigenvalue weighted by Crippen LogP contribution is -2.36. The Balaban J connectivity index is 1.68. The fourth-order valence-corrected chi connectivity index (χ4v) is 3.82. The minimum absolute atomic E-state index is 0.0670. The lowest BCUT2D eigenvalue weighted by molar-refractivity contribution is -0.661. The van der Waals surface area contributed by atoms with Crippen LogP contribution in [0.5, 0.6) is 0 Å². The van der Waals surface area contributed by atoms with E-state index in [1.54, 1.807) is 4.57 Å². The van der Waals surface area contributed by atoms with Crippen molar-refractivity contribution < 1.29 is 31.4 Å². The maximum Gasteiger partial charge on any atom is 0.272 e. The van der Waals surface area contributed by atoms with Crippen molar-refractivity contribution in [1.82, 2.24) is 9.67 Å². The highest BCUT2D eigenvalue weighted by Gasteiger charge is 2.44. The fourth-order valence-electron chi connectivity index (χ4n) is 3.82. The first kappa shape index (κ1) is 16.4. The van der Waals surface area contributed by atoms with Crippen LogP contribution in [0.1, 0.15) is 23.0 Å². The molecule has 2 heterocycles. The van der Waals surface area contributed by atoms with Crippen LogP contribution < -0.4 is 4.68 Å². The highest BCUT2D eigenvalue weighted by molar-refractivity contribution is 5.38. The molecule has 1 unspecified atom stereocenters. The van der Waals surface area contributed by atoms with Gasteiger partial charge in [0, 0.05) is 12.0 Å². The summed E-state index contributed by atoms with van der Waals surface area (Å²) in [6, 6.07) is 7.37. The molecule has 0 amide bonds. The summed E-state index contributed by atoms with van der Waals surface area (Å²) in [6.07, 6.45) is 1.73. The number of fused-ring (bicyclic) bond motifs is 5. The molecule has 1 aliphatic heterocycles. The van der Waals surface area contributed by atoms with E-state index in [1.165, 1.54) is 6.33 Å². The molecule has 2 atom stereocenters. The quantitative estimate of drug-likeness (QED) is 0.281. The van der Waals surface area contributed by atoms with Crippen LogP contribution in [-0.2, 0) is 17.8 Å². The molecule has 9 heteroatoms. The summed E-state index contributed by atoms with van der Waals surface area (Å²) in [6.45, 7) is 0.0670. The first-order valence-corrected chi connectivity index (χ1v) is 8.18. The first-order valence-electron chi connectivity index (χ1n) is 8.18. The molecule has 0 fully saturated rings. The Labute approximate surface area is 149 Å². The molecule has 5 rings (SSSR count). The van der Waals surface area contributed by atoms with Crippen LogP contribution in [0, 0.1) is 29.1 Å². The van der Waals surface area contributed by atoms with Crippen LogP contribution in [-0.4, -0.2) is 15.8 Å². The predicted octanol–water partition coefficient (Wildman–Crippen LogP) is 2.90. The number of hydrogen-bond donors (Lipinski definition) is 0. The van der Waals surface area contributed by atoms with Gasteiger partial charge in [-0.3, -0.25) is 0 Å². The molecular weight excluding hydrogens is 369 g/mol. The number of rotatable bonds is 1. The topological polar surface area (TPSA) is 30.9 Å². The molecule has 0 bridgehead atoms.